The van der Waals surface area contributed by atoms with Gasteiger partial charge in [-0.05, 0) is 25.0 Å². The van der Waals surface area contributed by atoms with Crippen LogP contribution in [0.2, 0.25) is 0 Å². The summed E-state index contributed by atoms with van der Waals surface area (Å²) in [6.45, 7) is 0.715. The van der Waals surface area contributed by atoms with Gasteiger partial charge in [-0.1, -0.05) is 6.07 Å². The Morgan fingerprint density at radius 2 is 2.21 bits per heavy atom. The molecule has 0 aliphatic carbocycles. The first-order valence-corrected chi connectivity index (χ1v) is 4.62. The van der Waals surface area contributed by atoms with Gasteiger partial charge in [-0.2, -0.15) is 0 Å². The van der Waals surface area contributed by atoms with Crippen LogP contribution in [0, 0.1) is 5.41 Å². The Morgan fingerprint density at radius 3 is 2.86 bits per heavy atom. The summed E-state index contributed by atoms with van der Waals surface area (Å²) in [5.74, 6) is -0.755. The molecule has 2 N–H and O–H groups in total. The van der Waals surface area contributed by atoms with Gasteiger partial charge in [0.05, 0.1) is 0 Å². The van der Waals surface area contributed by atoms with Crippen LogP contribution < -0.4 is 5.49 Å². The monoisotopic (exact) mass is 194 g/mol. The molecule has 0 aliphatic rings. The molecule has 0 saturated heterocycles. The average Bonchev–Trinajstić information content (AvgIpc) is 2.15. The fraction of sp³-hybridized carbons (Fsp3) is 0.400. The van der Waals surface area contributed by atoms with Gasteiger partial charge in [-0.25, -0.2) is 0 Å². The van der Waals surface area contributed by atoms with Crippen LogP contribution in [0.4, 0.5) is 0 Å². The number of aromatic nitrogens is 1. The molecule has 1 aromatic rings. The molecule has 0 saturated carbocycles. The molecular formula is C10H14N2O2. The van der Waals surface area contributed by atoms with Gasteiger partial charge in [0.25, 0.3) is 0 Å². The second-order valence-corrected chi connectivity index (χ2v) is 3.13. The zero-order valence-electron chi connectivity index (χ0n) is 7.94. The predicted octanol–water partition coefficient (Wildman–Crippen LogP) is 1.22. The Balaban J connectivity index is 2.35. The molecule has 0 atom stereocenters. The average molecular weight is 194 g/mol. The number of hydrogen-bond donors (Lipinski definition) is 2. The van der Waals surface area contributed by atoms with E-state index in [0.29, 0.717) is 18.5 Å². The topological polar surface area (TPSA) is 66.1 Å². The van der Waals surface area contributed by atoms with Crippen molar-refractivity contribution in [3.63, 3.8) is 0 Å². The standard InChI is InChI=1S/C10H14N2O2/c11-9-5-1-3-7-12(9)8-4-2-6-10(13)14/h1,3,5,7,11H,2,4,6,8H2,(H,13,14). The molecule has 0 aliphatic heterocycles. The van der Waals surface area contributed by atoms with Crippen molar-refractivity contribution in [2.24, 2.45) is 0 Å². The molecule has 14 heavy (non-hydrogen) atoms. The minimum Gasteiger partial charge on any atom is -0.481 e. The Bertz CT molecular complexity index is 357. The Hall–Kier alpha value is -1.58. The van der Waals surface area contributed by atoms with Crippen molar-refractivity contribution in [2.45, 2.75) is 25.8 Å². The smallest absolute Gasteiger partial charge is 0.303 e. The van der Waals surface area contributed by atoms with Crippen LogP contribution >= 0.6 is 0 Å². The number of carboxylic acids is 1. The normalized spacial score (nSPS) is 10.0. The predicted molar refractivity (Wildman–Crippen MR) is 51.8 cm³/mol. The summed E-state index contributed by atoms with van der Waals surface area (Å²) in [5, 5.41) is 16.0. The van der Waals surface area contributed by atoms with Crippen molar-refractivity contribution >= 4 is 5.97 Å². The Morgan fingerprint density at radius 1 is 1.43 bits per heavy atom. The van der Waals surface area contributed by atoms with Gasteiger partial charge in [-0.3, -0.25) is 10.2 Å². The van der Waals surface area contributed by atoms with Gasteiger partial charge in [0.15, 0.2) is 0 Å². The second-order valence-electron chi connectivity index (χ2n) is 3.13. The fourth-order valence-electron chi connectivity index (χ4n) is 1.23. The van der Waals surface area contributed by atoms with Crippen LogP contribution in [0.1, 0.15) is 19.3 Å². The van der Waals surface area contributed by atoms with Gasteiger partial charge in [0.2, 0.25) is 0 Å². The largest absolute Gasteiger partial charge is 0.481 e. The van der Waals surface area contributed by atoms with Gasteiger partial charge in [0.1, 0.15) is 5.49 Å². The number of carboxylic acid groups (broad SMARTS) is 1. The lowest BCUT2D eigenvalue weighted by Gasteiger charge is -2.04. The van der Waals surface area contributed by atoms with E-state index in [1.165, 1.54) is 0 Å². The lowest BCUT2D eigenvalue weighted by molar-refractivity contribution is -0.137. The van der Waals surface area contributed by atoms with Crippen LogP contribution in [0.3, 0.4) is 0 Å². The maximum atomic E-state index is 10.2. The summed E-state index contributed by atoms with van der Waals surface area (Å²) >= 11 is 0. The minimum atomic E-state index is -0.755. The third-order valence-electron chi connectivity index (χ3n) is 1.98. The van der Waals surface area contributed by atoms with E-state index in [0.717, 1.165) is 6.42 Å². The molecule has 76 valence electrons. The number of hydrogen-bond acceptors (Lipinski definition) is 2. The van der Waals surface area contributed by atoms with E-state index in [1.807, 2.05) is 22.9 Å². The molecule has 0 fully saturated rings. The van der Waals surface area contributed by atoms with E-state index >= 15 is 0 Å². The maximum Gasteiger partial charge on any atom is 0.303 e. The first kappa shape index (κ1) is 10.5. The van der Waals surface area contributed by atoms with E-state index in [-0.39, 0.29) is 6.42 Å². The third kappa shape index (κ3) is 3.43. The van der Waals surface area contributed by atoms with Gasteiger partial charge < -0.3 is 9.67 Å². The van der Waals surface area contributed by atoms with E-state index in [4.69, 9.17) is 10.5 Å². The summed E-state index contributed by atoms with van der Waals surface area (Å²) in [6, 6.07) is 5.41. The number of nitrogens with zero attached hydrogens (tertiary/aromatic N) is 1. The Labute approximate surface area is 82.3 Å². The molecule has 4 nitrogen and oxygen atoms in total. The molecule has 0 aromatic carbocycles. The third-order valence-corrected chi connectivity index (χ3v) is 1.98. The van der Waals surface area contributed by atoms with Crippen LogP contribution in [-0.4, -0.2) is 15.6 Å². The molecule has 1 aromatic heterocycles. The van der Waals surface area contributed by atoms with Crippen LogP contribution in [0.25, 0.3) is 0 Å². The highest BCUT2D eigenvalue weighted by molar-refractivity contribution is 5.66. The first-order chi connectivity index (χ1) is 6.70. The van der Waals surface area contributed by atoms with E-state index in [9.17, 15) is 4.79 Å². The molecule has 0 bridgehead atoms. The van der Waals surface area contributed by atoms with E-state index < -0.39 is 5.97 Å². The van der Waals surface area contributed by atoms with E-state index in [2.05, 4.69) is 0 Å². The quantitative estimate of drug-likeness (QED) is 0.692. The van der Waals surface area contributed by atoms with Crippen LogP contribution in [0.15, 0.2) is 24.4 Å². The van der Waals surface area contributed by atoms with Crippen molar-refractivity contribution in [1.29, 1.82) is 5.41 Å². The molecule has 1 rings (SSSR count). The molecule has 0 radical (unpaired) electrons. The molecule has 0 amide bonds. The summed E-state index contributed by atoms with van der Waals surface area (Å²) in [7, 11) is 0. The number of rotatable bonds is 5. The number of aryl methyl sites for hydroxylation is 1. The number of carbonyl (C=O) groups is 1. The number of aliphatic carboxylic acids is 1. The van der Waals surface area contributed by atoms with Crippen molar-refractivity contribution in [2.75, 3.05) is 0 Å². The summed E-state index contributed by atoms with van der Waals surface area (Å²) in [4.78, 5) is 10.2. The van der Waals surface area contributed by atoms with Gasteiger partial charge >= 0.3 is 5.97 Å². The van der Waals surface area contributed by atoms with Crippen molar-refractivity contribution in [3.05, 3.63) is 29.9 Å². The van der Waals surface area contributed by atoms with E-state index in [1.54, 1.807) is 6.07 Å². The minimum absolute atomic E-state index is 0.209. The highest BCUT2D eigenvalue weighted by atomic mass is 16.4. The number of pyridine rings is 1. The zero-order chi connectivity index (χ0) is 10.4. The second kappa shape index (κ2) is 5.21. The lowest BCUT2D eigenvalue weighted by Crippen LogP contribution is -2.17. The Kier molecular flexibility index (Phi) is 3.91. The molecular weight excluding hydrogens is 180 g/mol. The van der Waals surface area contributed by atoms with Gasteiger partial charge in [0, 0.05) is 19.2 Å². The zero-order valence-corrected chi connectivity index (χ0v) is 7.94. The van der Waals surface area contributed by atoms with Crippen molar-refractivity contribution in [3.8, 4) is 0 Å². The SMILES string of the molecule is N=c1ccccn1CCCCC(=O)O. The molecule has 4 heteroatoms. The summed E-state index contributed by atoms with van der Waals surface area (Å²) in [5.41, 5.74) is 0.461. The summed E-state index contributed by atoms with van der Waals surface area (Å²) in [6.07, 6.45) is 3.51. The van der Waals surface area contributed by atoms with Gasteiger partial charge in [-0.15, -0.1) is 0 Å². The molecule has 0 unspecified atom stereocenters. The van der Waals surface area contributed by atoms with Crippen molar-refractivity contribution in [1.82, 2.24) is 4.57 Å². The van der Waals surface area contributed by atoms with Crippen LogP contribution in [0.5, 0.6) is 0 Å². The maximum absolute atomic E-state index is 10.2. The van der Waals surface area contributed by atoms with Crippen molar-refractivity contribution < 1.29 is 9.90 Å². The lowest BCUT2D eigenvalue weighted by atomic mass is 10.2. The highest BCUT2D eigenvalue weighted by Gasteiger charge is 1.96. The molecule has 1 heterocycles. The van der Waals surface area contributed by atoms with Crippen LogP contribution in [-0.2, 0) is 11.3 Å². The number of nitrogens with one attached hydrogen (secondary N) is 1. The number of unbranched alkanes of at least 4 members (excludes halogenated alkanes) is 1. The highest BCUT2D eigenvalue weighted by Crippen LogP contribution is 1.97. The fourth-order valence-corrected chi connectivity index (χ4v) is 1.23. The summed E-state index contributed by atoms with van der Waals surface area (Å²) < 4.78 is 1.81. The molecule has 0 spiro atoms. The first-order valence-electron chi connectivity index (χ1n) is 4.62.